The van der Waals surface area contributed by atoms with Crippen molar-refractivity contribution in [2.45, 2.75) is 19.9 Å². The van der Waals surface area contributed by atoms with Gasteiger partial charge in [0.2, 0.25) is 5.27 Å². The van der Waals surface area contributed by atoms with E-state index in [4.69, 9.17) is 15.2 Å². The molecule has 3 aromatic heterocycles. The zero-order valence-corrected chi connectivity index (χ0v) is 19.3. The number of benzene rings is 2. The normalized spacial score (nSPS) is 11.3. The minimum Gasteiger partial charge on any atom is -0.397 e. The van der Waals surface area contributed by atoms with Gasteiger partial charge in [0.1, 0.15) is 15.5 Å². The van der Waals surface area contributed by atoms with Crippen LogP contribution in [0.5, 0.6) is 0 Å². The quantitative estimate of drug-likeness (QED) is 0.330. The summed E-state index contributed by atoms with van der Waals surface area (Å²) in [5, 5.41) is 7.20. The second-order valence-electron chi connectivity index (χ2n) is 8.05. The molecule has 34 heavy (non-hydrogen) atoms. The minimum absolute atomic E-state index is 0.0817. The van der Waals surface area contributed by atoms with Crippen LogP contribution < -0.4 is 15.7 Å². The van der Waals surface area contributed by atoms with Crippen molar-refractivity contribution in [1.82, 2.24) is 10.3 Å². The maximum atomic E-state index is 14.1. The number of aromatic nitrogens is 3. The molecular weight excluding hydrogens is 453 g/mol. The molecule has 5 aromatic rings. The molecule has 0 saturated heterocycles. The van der Waals surface area contributed by atoms with Crippen LogP contribution in [0.1, 0.15) is 29.6 Å². The maximum Gasteiger partial charge on any atom is 0.302 e. The largest absolute Gasteiger partial charge is 0.397 e. The van der Waals surface area contributed by atoms with E-state index in [2.05, 4.69) is 10.6 Å². The van der Waals surface area contributed by atoms with Crippen molar-refractivity contribution in [3.63, 3.8) is 0 Å². The first-order chi connectivity index (χ1) is 16.4. The molecule has 1 amide bonds. The smallest absolute Gasteiger partial charge is 0.302 e. The van der Waals surface area contributed by atoms with E-state index in [0.29, 0.717) is 27.0 Å². The molecule has 9 heteroatoms. The zero-order valence-electron chi connectivity index (χ0n) is 18.4. The van der Waals surface area contributed by atoms with Crippen LogP contribution in [0.4, 0.5) is 16.0 Å². The number of pyridine rings is 1. The molecule has 3 N–H and O–H groups in total. The van der Waals surface area contributed by atoms with Gasteiger partial charge in [0, 0.05) is 10.9 Å². The van der Waals surface area contributed by atoms with Crippen molar-refractivity contribution < 1.29 is 18.4 Å². The molecule has 7 nitrogen and oxygen atoms in total. The number of thiophene rings is 1. The first kappa shape index (κ1) is 21.7. The monoisotopic (exact) mass is 474 g/mol. The standard InChI is InChI=1S/C25H20FN5O2S/c1-14(2)31-13-20(33-30-31)29-24(32)23-22(27)21-18(16-9-6-10-17(26)11-16)12-19(28-25(21)34-23)15-7-4-3-5-8-15/h3-14H,1-2H3,(H2-,27,29,30,32)/p+1. The lowest BCUT2D eigenvalue weighted by Crippen LogP contribution is -2.36. The molecule has 2 aromatic carbocycles. The van der Waals surface area contributed by atoms with Crippen molar-refractivity contribution in [2.75, 3.05) is 11.1 Å². The summed E-state index contributed by atoms with van der Waals surface area (Å²) in [6.45, 7) is 3.89. The summed E-state index contributed by atoms with van der Waals surface area (Å²) >= 11 is 1.18. The predicted octanol–water partition coefficient (Wildman–Crippen LogP) is 5.46. The van der Waals surface area contributed by atoms with Gasteiger partial charge in [0.05, 0.1) is 11.4 Å². The molecule has 0 spiro atoms. The number of nitrogen functional groups attached to an aromatic ring is 1. The number of halogens is 1. The average molecular weight is 475 g/mol. The Labute approximate surface area is 198 Å². The Morgan fingerprint density at radius 1 is 1.12 bits per heavy atom. The summed E-state index contributed by atoms with van der Waals surface area (Å²) in [7, 11) is 0. The number of nitrogens with one attached hydrogen (secondary N) is 1. The fraction of sp³-hybridized carbons (Fsp3) is 0.120. The second kappa shape index (κ2) is 8.68. The van der Waals surface area contributed by atoms with Crippen molar-refractivity contribution in [3.05, 3.63) is 77.6 Å². The Bertz CT molecular complexity index is 1510. The van der Waals surface area contributed by atoms with Crippen molar-refractivity contribution in [2.24, 2.45) is 0 Å². The third-order valence-corrected chi connectivity index (χ3v) is 6.46. The lowest BCUT2D eigenvalue weighted by Gasteiger charge is -2.09. The molecule has 0 unspecified atom stereocenters. The molecule has 0 atom stereocenters. The molecule has 0 aliphatic rings. The Kier molecular flexibility index (Phi) is 5.54. The summed E-state index contributed by atoms with van der Waals surface area (Å²) in [6, 6.07) is 17.9. The van der Waals surface area contributed by atoms with Gasteiger partial charge in [0.15, 0.2) is 6.04 Å². The maximum absolute atomic E-state index is 14.1. The third-order valence-electron chi connectivity index (χ3n) is 5.36. The van der Waals surface area contributed by atoms with Crippen LogP contribution in [0.3, 0.4) is 0 Å². The van der Waals surface area contributed by atoms with Gasteiger partial charge < -0.3 is 5.73 Å². The van der Waals surface area contributed by atoms with E-state index in [-0.39, 0.29) is 28.3 Å². The summed E-state index contributed by atoms with van der Waals surface area (Å²) in [5.41, 5.74) is 9.71. The van der Waals surface area contributed by atoms with Crippen molar-refractivity contribution in [3.8, 4) is 22.4 Å². The third kappa shape index (κ3) is 4.01. The van der Waals surface area contributed by atoms with Crippen LogP contribution in [-0.2, 0) is 0 Å². The Morgan fingerprint density at radius 3 is 2.59 bits per heavy atom. The highest BCUT2D eigenvalue weighted by Gasteiger charge is 2.24. The van der Waals surface area contributed by atoms with Crippen molar-refractivity contribution >= 4 is 39.0 Å². The van der Waals surface area contributed by atoms with Gasteiger partial charge in [0.25, 0.3) is 12.1 Å². The first-order valence-corrected chi connectivity index (χ1v) is 11.5. The molecule has 5 rings (SSSR count). The van der Waals surface area contributed by atoms with E-state index in [1.807, 2.05) is 56.3 Å². The lowest BCUT2D eigenvalue weighted by atomic mass is 9.99. The van der Waals surface area contributed by atoms with Crippen LogP contribution in [0, 0.1) is 5.82 Å². The van der Waals surface area contributed by atoms with Gasteiger partial charge in [-0.2, -0.15) is 0 Å². The fourth-order valence-corrected chi connectivity index (χ4v) is 4.67. The molecular formula is C25H21FN5O2S+. The summed E-state index contributed by atoms with van der Waals surface area (Å²) in [5.74, 6) is -0.586. The first-order valence-electron chi connectivity index (χ1n) is 10.6. The van der Waals surface area contributed by atoms with Gasteiger partial charge in [-0.05, 0) is 47.9 Å². The molecule has 170 valence electrons. The molecule has 0 aliphatic heterocycles. The molecule has 0 aliphatic carbocycles. The van der Waals surface area contributed by atoms with E-state index in [1.165, 1.54) is 23.5 Å². The lowest BCUT2D eigenvalue weighted by molar-refractivity contribution is -0.779. The molecule has 0 radical (unpaired) electrons. The number of carbonyl (C=O) groups excluding carboxylic acids is 1. The van der Waals surface area contributed by atoms with Gasteiger partial charge >= 0.3 is 5.88 Å². The SMILES string of the molecule is CC(C)[n+]1cc(NC(=O)c2sc3nc(-c4ccccc4)cc(-c4cccc(F)c4)c3c2N)on1. The predicted molar refractivity (Wildman–Crippen MR) is 130 cm³/mol. The minimum atomic E-state index is -0.431. The number of nitrogens with zero attached hydrogens (tertiary/aromatic N) is 3. The van der Waals surface area contributed by atoms with E-state index >= 15 is 0 Å². The highest BCUT2D eigenvalue weighted by atomic mass is 32.1. The van der Waals surface area contributed by atoms with Crippen LogP contribution in [0.15, 0.2) is 71.4 Å². The second-order valence-corrected chi connectivity index (χ2v) is 9.05. The van der Waals surface area contributed by atoms with Gasteiger partial charge in [-0.1, -0.05) is 42.5 Å². The van der Waals surface area contributed by atoms with Crippen LogP contribution in [0.25, 0.3) is 32.6 Å². The molecule has 0 saturated carbocycles. The van der Waals surface area contributed by atoms with Crippen LogP contribution in [-0.4, -0.2) is 16.2 Å². The molecule has 0 fully saturated rings. The number of hydrogen-bond donors (Lipinski definition) is 2. The number of hydrogen-bond acceptors (Lipinski definition) is 6. The fourth-order valence-electron chi connectivity index (χ4n) is 3.66. The van der Waals surface area contributed by atoms with Crippen molar-refractivity contribution in [1.29, 1.82) is 0 Å². The summed E-state index contributed by atoms with van der Waals surface area (Å²) in [6.07, 6.45) is 1.61. The number of amides is 1. The van der Waals surface area contributed by atoms with Crippen LogP contribution in [0.2, 0.25) is 0 Å². The number of fused-ring (bicyclic) bond motifs is 1. The Balaban J connectivity index is 1.64. The van der Waals surface area contributed by atoms with E-state index < -0.39 is 5.91 Å². The number of carbonyl (C=O) groups is 1. The Hall–Kier alpha value is -4.11. The molecule has 0 bridgehead atoms. The average Bonchev–Trinajstić information content (AvgIpc) is 3.44. The van der Waals surface area contributed by atoms with Gasteiger partial charge in [-0.3, -0.25) is 14.6 Å². The van der Waals surface area contributed by atoms with Gasteiger partial charge in [-0.15, -0.1) is 11.3 Å². The number of nitrogens with two attached hydrogens (primary N) is 1. The topological polar surface area (TPSA) is 97.9 Å². The van der Waals surface area contributed by atoms with Gasteiger partial charge in [-0.25, -0.2) is 9.37 Å². The van der Waals surface area contributed by atoms with Crippen LogP contribution >= 0.6 is 11.3 Å². The summed E-state index contributed by atoms with van der Waals surface area (Å²) in [4.78, 5) is 18.7. The van der Waals surface area contributed by atoms with E-state index in [9.17, 15) is 9.18 Å². The highest BCUT2D eigenvalue weighted by molar-refractivity contribution is 7.21. The highest BCUT2D eigenvalue weighted by Crippen LogP contribution is 2.41. The Morgan fingerprint density at radius 2 is 1.88 bits per heavy atom. The number of rotatable bonds is 5. The summed E-state index contributed by atoms with van der Waals surface area (Å²) < 4.78 is 20.9. The number of anilines is 2. The van der Waals surface area contributed by atoms with E-state index in [0.717, 1.165) is 5.56 Å². The zero-order chi connectivity index (χ0) is 23.8. The molecule has 3 heterocycles. The van der Waals surface area contributed by atoms with E-state index in [1.54, 1.807) is 16.9 Å².